The second kappa shape index (κ2) is 3.29. The van der Waals surface area contributed by atoms with Crippen LogP contribution in [-0.4, -0.2) is 13.7 Å². The fourth-order valence-electron chi connectivity index (χ4n) is 1.89. The maximum absolute atomic E-state index is 5.30. The summed E-state index contributed by atoms with van der Waals surface area (Å²) in [5, 5.41) is 3.39. The number of ether oxygens (including phenoxy) is 1. The van der Waals surface area contributed by atoms with Crippen LogP contribution >= 0.6 is 0 Å². The van der Waals surface area contributed by atoms with Crippen LogP contribution in [0.2, 0.25) is 0 Å². The van der Waals surface area contributed by atoms with E-state index in [1.165, 1.54) is 17.7 Å². The Morgan fingerprint density at radius 2 is 2.31 bits per heavy atom. The van der Waals surface area contributed by atoms with Gasteiger partial charge in [-0.1, -0.05) is 19.1 Å². The van der Waals surface area contributed by atoms with E-state index in [4.69, 9.17) is 4.74 Å². The van der Waals surface area contributed by atoms with Crippen LogP contribution in [0.25, 0.3) is 0 Å². The molecule has 2 heteroatoms. The highest BCUT2D eigenvalue weighted by Gasteiger charge is 2.18. The van der Waals surface area contributed by atoms with Gasteiger partial charge in [0.15, 0.2) is 0 Å². The fraction of sp³-hybridized carbons (Fsp3) is 0.455. The van der Waals surface area contributed by atoms with Crippen LogP contribution in [0.4, 0.5) is 5.69 Å². The summed E-state index contributed by atoms with van der Waals surface area (Å²) in [7, 11) is 1.72. The molecule has 0 spiro atoms. The highest BCUT2D eigenvalue weighted by molar-refractivity contribution is 5.64. The number of hydrogen-bond donors (Lipinski definition) is 1. The molecule has 1 N–H and O–H groups in total. The normalized spacial score (nSPS) is 20.3. The highest BCUT2D eigenvalue weighted by atomic mass is 16.5. The number of hydrogen-bond acceptors (Lipinski definition) is 2. The molecule has 1 aromatic rings. The van der Waals surface area contributed by atoms with E-state index in [0.717, 1.165) is 12.3 Å². The average Bonchev–Trinajstić information content (AvgIpc) is 2.18. The molecule has 1 aromatic carbocycles. The molecule has 1 aliphatic rings. The SMILES string of the molecule is COc1cccc2c1NCCC2C. The molecule has 0 fully saturated rings. The minimum absolute atomic E-state index is 0.645. The molecule has 2 rings (SSSR count). The van der Waals surface area contributed by atoms with Crippen LogP contribution in [0.1, 0.15) is 24.8 Å². The van der Waals surface area contributed by atoms with Gasteiger partial charge < -0.3 is 10.1 Å². The second-order valence-corrected chi connectivity index (χ2v) is 3.54. The summed E-state index contributed by atoms with van der Waals surface area (Å²) in [6.07, 6.45) is 1.21. The Hall–Kier alpha value is -1.18. The maximum Gasteiger partial charge on any atom is 0.142 e. The van der Waals surface area contributed by atoms with Crippen LogP contribution < -0.4 is 10.1 Å². The van der Waals surface area contributed by atoms with Crippen molar-refractivity contribution >= 4 is 5.69 Å². The van der Waals surface area contributed by atoms with E-state index in [-0.39, 0.29) is 0 Å². The van der Waals surface area contributed by atoms with Crippen molar-refractivity contribution in [1.29, 1.82) is 0 Å². The van der Waals surface area contributed by atoms with Gasteiger partial charge in [0.2, 0.25) is 0 Å². The van der Waals surface area contributed by atoms with E-state index in [9.17, 15) is 0 Å². The maximum atomic E-state index is 5.30. The molecular weight excluding hydrogens is 162 g/mol. The lowest BCUT2D eigenvalue weighted by molar-refractivity contribution is 0.414. The first-order valence-corrected chi connectivity index (χ1v) is 4.73. The molecule has 0 aromatic heterocycles. The van der Waals surface area contributed by atoms with E-state index in [1.54, 1.807) is 7.11 Å². The molecule has 13 heavy (non-hydrogen) atoms. The van der Waals surface area contributed by atoms with Gasteiger partial charge in [0, 0.05) is 6.54 Å². The average molecular weight is 177 g/mol. The molecule has 2 nitrogen and oxygen atoms in total. The summed E-state index contributed by atoms with van der Waals surface area (Å²) in [6.45, 7) is 3.31. The smallest absolute Gasteiger partial charge is 0.142 e. The van der Waals surface area contributed by atoms with Gasteiger partial charge in [0.1, 0.15) is 5.75 Å². The Kier molecular flexibility index (Phi) is 2.13. The van der Waals surface area contributed by atoms with Crippen molar-refractivity contribution < 1.29 is 4.74 Å². The molecule has 1 aliphatic heterocycles. The van der Waals surface area contributed by atoms with E-state index >= 15 is 0 Å². The van der Waals surface area contributed by atoms with Crippen LogP contribution in [0.5, 0.6) is 5.75 Å². The van der Waals surface area contributed by atoms with Crippen LogP contribution in [-0.2, 0) is 0 Å². The van der Waals surface area contributed by atoms with Crippen molar-refractivity contribution in [2.24, 2.45) is 0 Å². The summed E-state index contributed by atoms with van der Waals surface area (Å²) in [4.78, 5) is 0. The van der Waals surface area contributed by atoms with Gasteiger partial charge in [-0.25, -0.2) is 0 Å². The quantitative estimate of drug-likeness (QED) is 0.712. The predicted molar refractivity (Wildman–Crippen MR) is 54.5 cm³/mol. The molecule has 1 atom stereocenters. The summed E-state index contributed by atoms with van der Waals surface area (Å²) in [6, 6.07) is 6.24. The molecule has 0 radical (unpaired) electrons. The van der Waals surface area contributed by atoms with Gasteiger partial charge in [-0.15, -0.1) is 0 Å². The van der Waals surface area contributed by atoms with Gasteiger partial charge in [-0.05, 0) is 24.0 Å². The Balaban J connectivity index is 2.48. The van der Waals surface area contributed by atoms with Crippen molar-refractivity contribution in [2.45, 2.75) is 19.3 Å². The van der Waals surface area contributed by atoms with Gasteiger partial charge in [-0.3, -0.25) is 0 Å². The number of methoxy groups -OCH3 is 1. The summed E-state index contributed by atoms with van der Waals surface area (Å²) in [5.41, 5.74) is 2.56. The molecule has 0 aliphatic carbocycles. The van der Waals surface area contributed by atoms with Crippen LogP contribution in [0, 0.1) is 0 Å². The monoisotopic (exact) mass is 177 g/mol. The first kappa shape index (κ1) is 8.42. The zero-order chi connectivity index (χ0) is 9.26. The number of rotatable bonds is 1. The van der Waals surface area contributed by atoms with Crippen LogP contribution in [0.15, 0.2) is 18.2 Å². The largest absolute Gasteiger partial charge is 0.495 e. The molecule has 1 unspecified atom stereocenters. The zero-order valence-corrected chi connectivity index (χ0v) is 8.13. The van der Waals surface area contributed by atoms with Crippen molar-refractivity contribution in [3.8, 4) is 5.75 Å². The number of nitrogens with one attached hydrogen (secondary N) is 1. The minimum Gasteiger partial charge on any atom is -0.495 e. The number of para-hydroxylation sites is 1. The summed E-state index contributed by atoms with van der Waals surface area (Å²) in [5.74, 6) is 1.61. The van der Waals surface area contributed by atoms with Crippen LogP contribution in [0.3, 0.4) is 0 Å². The first-order valence-electron chi connectivity index (χ1n) is 4.73. The number of benzene rings is 1. The lowest BCUT2D eigenvalue weighted by Gasteiger charge is -2.25. The van der Waals surface area contributed by atoms with E-state index in [0.29, 0.717) is 5.92 Å². The van der Waals surface area contributed by atoms with Gasteiger partial charge in [0.05, 0.1) is 12.8 Å². The van der Waals surface area contributed by atoms with E-state index in [1.807, 2.05) is 6.07 Å². The second-order valence-electron chi connectivity index (χ2n) is 3.54. The summed E-state index contributed by atoms with van der Waals surface area (Å²) < 4.78 is 5.30. The predicted octanol–water partition coefficient (Wildman–Crippen LogP) is 2.61. The summed E-state index contributed by atoms with van der Waals surface area (Å²) >= 11 is 0. The molecule has 0 bridgehead atoms. The Morgan fingerprint density at radius 1 is 1.46 bits per heavy atom. The molecule has 0 saturated carbocycles. The van der Waals surface area contributed by atoms with Crippen molar-refractivity contribution in [2.75, 3.05) is 19.0 Å². The van der Waals surface area contributed by atoms with Crippen molar-refractivity contribution in [1.82, 2.24) is 0 Å². The molecular formula is C11H15NO. The zero-order valence-electron chi connectivity index (χ0n) is 8.13. The van der Waals surface area contributed by atoms with Gasteiger partial charge >= 0.3 is 0 Å². The van der Waals surface area contributed by atoms with Gasteiger partial charge in [-0.2, -0.15) is 0 Å². The van der Waals surface area contributed by atoms with Crippen molar-refractivity contribution in [3.05, 3.63) is 23.8 Å². The minimum atomic E-state index is 0.645. The molecule has 1 heterocycles. The molecule has 0 saturated heterocycles. The number of fused-ring (bicyclic) bond motifs is 1. The van der Waals surface area contributed by atoms with E-state index < -0.39 is 0 Å². The first-order chi connectivity index (χ1) is 6.33. The Bertz CT molecular complexity index is 309. The highest BCUT2D eigenvalue weighted by Crippen LogP contribution is 2.37. The lowest BCUT2D eigenvalue weighted by Crippen LogP contribution is -2.15. The van der Waals surface area contributed by atoms with Crippen molar-refractivity contribution in [3.63, 3.8) is 0 Å². The molecule has 0 amide bonds. The van der Waals surface area contributed by atoms with E-state index in [2.05, 4.69) is 24.4 Å². The Morgan fingerprint density at radius 3 is 3.08 bits per heavy atom. The third kappa shape index (κ3) is 1.37. The third-order valence-corrected chi connectivity index (χ3v) is 2.69. The Labute approximate surface area is 78.9 Å². The number of anilines is 1. The third-order valence-electron chi connectivity index (χ3n) is 2.69. The fourth-order valence-corrected chi connectivity index (χ4v) is 1.89. The molecule has 70 valence electrons. The standard InChI is InChI=1S/C11H15NO/c1-8-6-7-12-11-9(8)4-3-5-10(11)13-2/h3-5,8,12H,6-7H2,1-2H3. The van der Waals surface area contributed by atoms with Gasteiger partial charge in [0.25, 0.3) is 0 Å². The topological polar surface area (TPSA) is 21.3 Å². The lowest BCUT2D eigenvalue weighted by atomic mass is 9.92.